The van der Waals surface area contributed by atoms with E-state index < -0.39 is 10.8 Å². The van der Waals surface area contributed by atoms with Crippen molar-refractivity contribution in [2.24, 2.45) is 0 Å². The van der Waals surface area contributed by atoms with Crippen LogP contribution in [0.2, 0.25) is 10.0 Å². The van der Waals surface area contributed by atoms with Crippen molar-refractivity contribution in [2.75, 3.05) is 0 Å². The molecule has 0 radical (unpaired) electrons. The first kappa shape index (κ1) is 39.6. The van der Waals surface area contributed by atoms with Gasteiger partial charge in [0.1, 0.15) is 11.2 Å². The third kappa shape index (κ3) is 4.93. The molecule has 0 saturated carbocycles. The molecule has 1 aromatic heterocycles. The Bertz CT molecular complexity index is 4280. The minimum absolute atomic E-state index is 0.476. The van der Waals surface area contributed by atoms with Gasteiger partial charge >= 0.3 is 0 Å². The summed E-state index contributed by atoms with van der Waals surface area (Å²) in [5.74, 6) is 0. The van der Waals surface area contributed by atoms with Gasteiger partial charge in [-0.25, -0.2) is 0 Å². The van der Waals surface area contributed by atoms with Crippen LogP contribution in [0.5, 0.6) is 0 Å². The Hall–Kier alpha value is -8.20. The van der Waals surface area contributed by atoms with Crippen LogP contribution >= 0.6 is 23.2 Å². The molecule has 0 fully saturated rings. The van der Waals surface area contributed by atoms with Crippen LogP contribution in [-0.2, 0) is 10.8 Å². The second-order valence-corrected chi connectivity index (χ2v) is 20.4. The Labute approximate surface area is 420 Å². The summed E-state index contributed by atoms with van der Waals surface area (Å²) >= 11 is 14.0. The largest absolute Gasteiger partial charge is 0.455 e. The normalized spacial score (nSPS) is 15.6. The predicted molar refractivity (Wildman–Crippen MR) is 293 cm³/mol. The van der Waals surface area contributed by atoms with Crippen molar-refractivity contribution < 1.29 is 4.42 Å². The first-order chi connectivity index (χ1) is 35.0. The number of para-hydroxylation sites is 2. The monoisotopic (exact) mass is 940 g/mol. The first-order valence-electron chi connectivity index (χ1n) is 24.4. The number of rotatable bonds is 3. The molecule has 0 N–H and O–H groups in total. The van der Waals surface area contributed by atoms with Crippen molar-refractivity contribution >= 4 is 45.1 Å². The van der Waals surface area contributed by atoms with Gasteiger partial charge in [-0.05, 0) is 147 Å². The molecule has 12 aromatic rings. The van der Waals surface area contributed by atoms with Crippen LogP contribution in [-0.4, -0.2) is 0 Å². The van der Waals surface area contributed by atoms with Crippen molar-refractivity contribution in [1.82, 2.24) is 0 Å². The van der Waals surface area contributed by atoms with E-state index in [4.69, 9.17) is 27.6 Å². The summed E-state index contributed by atoms with van der Waals surface area (Å²) in [7, 11) is 0. The highest BCUT2D eigenvalue weighted by atomic mass is 35.5. The van der Waals surface area contributed by atoms with Crippen LogP contribution < -0.4 is 0 Å². The first-order valence-corrected chi connectivity index (χ1v) is 25.1. The van der Waals surface area contributed by atoms with Gasteiger partial charge in [0.05, 0.1) is 10.8 Å². The molecule has 11 aromatic carbocycles. The Morgan fingerprint density at radius 2 is 0.648 bits per heavy atom. The number of benzene rings is 11. The molecule has 71 heavy (non-hydrogen) atoms. The van der Waals surface area contributed by atoms with Crippen LogP contribution in [0.1, 0.15) is 44.5 Å². The van der Waals surface area contributed by atoms with E-state index >= 15 is 0 Å². The Morgan fingerprint density at radius 1 is 0.268 bits per heavy atom. The molecule has 4 aliphatic carbocycles. The van der Waals surface area contributed by atoms with Crippen molar-refractivity contribution in [3.8, 4) is 77.9 Å². The zero-order valence-electron chi connectivity index (χ0n) is 38.1. The van der Waals surface area contributed by atoms with E-state index in [2.05, 4.69) is 212 Å². The topological polar surface area (TPSA) is 13.1 Å². The predicted octanol–water partition coefficient (Wildman–Crippen LogP) is 18.6. The lowest BCUT2D eigenvalue weighted by Crippen LogP contribution is -2.25. The smallest absolute Gasteiger partial charge is 0.143 e. The van der Waals surface area contributed by atoms with E-state index in [1.165, 1.54) is 111 Å². The fourth-order valence-corrected chi connectivity index (χ4v) is 14.3. The summed E-state index contributed by atoms with van der Waals surface area (Å²) in [6.45, 7) is 0. The lowest BCUT2D eigenvalue weighted by Gasteiger charge is -2.31. The minimum atomic E-state index is -0.608. The minimum Gasteiger partial charge on any atom is -0.455 e. The van der Waals surface area contributed by atoms with Crippen molar-refractivity contribution in [3.05, 3.63) is 285 Å². The molecule has 3 heteroatoms. The van der Waals surface area contributed by atoms with E-state index in [0.717, 1.165) is 43.1 Å². The lowest BCUT2D eigenvalue weighted by molar-refractivity contribution is 0.670. The average Bonchev–Trinajstić information content (AvgIpc) is 4.21. The van der Waals surface area contributed by atoms with Gasteiger partial charge in [0.2, 0.25) is 0 Å². The number of furan rings is 1. The van der Waals surface area contributed by atoms with Crippen LogP contribution in [0.25, 0.3) is 99.8 Å². The highest BCUT2D eigenvalue weighted by Gasteiger charge is 2.54. The van der Waals surface area contributed by atoms with Gasteiger partial charge in [0.15, 0.2) is 0 Å². The van der Waals surface area contributed by atoms with Crippen LogP contribution in [0.4, 0.5) is 0 Å². The zero-order chi connectivity index (χ0) is 46.7. The second kappa shape index (κ2) is 14.2. The summed E-state index contributed by atoms with van der Waals surface area (Å²) in [5.41, 5.74) is 27.8. The molecule has 16 rings (SSSR count). The lowest BCUT2D eigenvalue weighted by atomic mass is 9.70. The Kier molecular flexibility index (Phi) is 7.93. The van der Waals surface area contributed by atoms with Gasteiger partial charge in [-0.2, -0.15) is 0 Å². The molecule has 330 valence electrons. The maximum Gasteiger partial charge on any atom is 0.143 e. The maximum atomic E-state index is 7.08. The summed E-state index contributed by atoms with van der Waals surface area (Å²) in [4.78, 5) is 0. The molecule has 1 heterocycles. The second-order valence-electron chi connectivity index (χ2n) is 19.6. The van der Waals surface area contributed by atoms with Crippen molar-refractivity contribution in [3.63, 3.8) is 0 Å². The molecule has 1 atom stereocenters. The third-order valence-corrected chi connectivity index (χ3v) is 16.9. The van der Waals surface area contributed by atoms with E-state index in [-0.39, 0.29) is 0 Å². The third-order valence-electron chi connectivity index (χ3n) is 16.5. The highest BCUT2D eigenvalue weighted by molar-refractivity contribution is 6.31. The standard InChI is InChI=1S/C68H38Cl2O/c69-41-33-35-52-60(37-41)67(54-22-5-1-13-45(54)46-14-2-6-23-55(46)67)57-25-10-18-44(64(52)57)40-31-29-39(30-32-40)43-17-11-26-58-63(43)51-16-3-7-24-56(51)68(58)59-27-12-19-48(65(59)53-36-34-42(70)38-61(53)68)50-21-9-20-49-47-15-4-8-28-62(47)71-66(49)50/h1-38H. The molecule has 0 saturated heterocycles. The zero-order valence-corrected chi connectivity index (χ0v) is 39.6. The van der Waals surface area contributed by atoms with E-state index in [9.17, 15) is 0 Å². The number of hydrogen-bond acceptors (Lipinski definition) is 1. The fourth-order valence-electron chi connectivity index (χ4n) is 13.9. The molecule has 0 amide bonds. The van der Waals surface area contributed by atoms with Gasteiger partial charge < -0.3 is 4.42 Å². The summed E-state index contributed by atoms with van der Waals surface area (Å²) in [5, 5.41) is 3.71. The van der Waals surface area contributed by atoms with Gasteiger partial charge in [0, 0.05) is 26.4 Å². The number of fused-ring (bicyclic) bond motifs is 23. The van der Waals surface area contributed by atoms with Crippen LogP contribution in [0.3, 0.4) is 0 Å². The number of halogens is 2. The SMILES string of the molecule is Clc1ccc2c(c1)C1(c3ccccc3-c3ccccc31)c1cccc(-c3ccc(-c4cccc5c4-c4ccccc4C54c5cc(Cl)ccc5-c5c(-c6cccc7c6oc6ccccc67)cccc54)cc3)c1-2. The van der Waals surface area contributed by atoms with Crippen molar-refractivity contribution in [1.29, 1.82) is 0 Å². The van der Waals surface area contributed by atoms with E-state index in [1.807, 2.05) is 18.2 Å². The van der Waals surface area contributed by atoms with Gasteiger partial charge in [-0.15, -0.1) is 0 Å². The highest BCUT2D eigenvalue weighted by Crippen LogP contribution is 2.67. The van der Waals surface area contributed by atoms with E-state index in [0.29, 0.717) is 0 Å². The summed E-state index contributed by atoms with van der Waals surface area (Å²) in [6, 6.07) is 84.7. The maximum absolute atomic E-state index is 7.08. The molecule has 1 nitrogen and oxygen atoms in total. The van der Waals surface area contributed by atoms with Gasteiger partial charge in [-0.3, -0.25) is 0 Å². The van der Waals surface area contributed by atoms with Crippen LogP contribution in [0.15, 0.2) is 235 Å². The molecular weight excluding hydrogens is 904 g/mol. The summed E-state index contributed by atoms with van der Waals surface area (Å²) < 4.78 is 6.70. The van der Waals surface area contributed by atoms with E-state index in [1.54, 1.807) is 0 Å². The average molecular weight is 942 g/mol. The Morgan fingerprint density at radius 3 is 1.23 bits per heavy atom. The quantitative estimate of drug-likeness (QED) is 0.172. The molecule has 0 aliphatic heterocycles. The Balaban J connectivity index is 0.880. The summed E-state index contributed by atoms with van der Waals surface area (Å²) in [6.07, 6.45) is 0. The fraction of sp³-hybridized carbons (Fsp3) is 0.0294. The van der Waals surface area contributed by atoms with Crippen molar-refractivity contribution in [2.45, 2.75) is 10.8 Å². The van der Waals surface area contributed by atoms with Gasteiger partial charge in [0.25, 0.3) is 0 Å². The molecular formula is C68H38Cl2O. The van der Waals surface area contributed by atoms with Crippen LogP contribution in [0, 0.1) is 0 Å². The number of hydrogen-bond donors (Lipinski definition) is 0. The molecule has 4 aliphatic rings. The molecule has 0 bridgehead atoms. The molecule has 2 spiro atoms. The van der Waals surface area contributed by atoms with Gasteiger partial charge in [-0.1, -0.05) is 223 Å². The molecule has 1 unspecified atom stereocenters.